The smallest absolute Gasteiger partial charge is 0.240 e. The number of nitrogens with one attached hydrogen (secondary N) is 1. The van der Waals surface area contributed by atoms with E-state index < -0.39 is 15.6 Å². The lowest BCUT2D eigenvalue weighted by Gasteiger charge is -2.65. The van der Waals surface area contributed by atoms with Gasteiger partial charge in [-0.2, -0.15) is 0 Å². The van der Waals surface area contributed by atoms with Gasteiger partial charge in [-0.3, -0.25) is 0 Å². The molecule has 4 aliphatic rings. The molecule has 4 fully saturated rings. The Bertz CT molecular complexity index is 976. The molecule has 0 radical (unpaired) electrons. The van der Waals surface area contributed by atoms with Crippen LogP contribution >= 0.6 is 0 Å². The largest absolute Gasteiger partial charge is 0.390 e. The Morgan fingerprint density at radius 2 is 1.74 bits per heavy atom. The number of rotatable bonds is 5. The second kappa shape index (κ2) is 8.88. The Labute approximate surface area is 207 Å². The fraction of sp³-hybridized carbons (Fsp3) is 0.793. The number of aliphatic hydroxyl groups is 1. The fourth-order valence-corrected chi connectivity index (χ4v) is 10.6. The van der Waals surface area contributed by atoms with Crippen LogP contribution in [0.2, 0.25) is 0 Å². The molecule has 0 aromatic heterocycles. The zero-order valence-electron chi connectivity index (χ0n) is 21.4. The minimum atomic E-state index is -3.46. The van der Waals surface area contributed by atoms with Crippen molar-refractivity contribution in [1.29, 1.82) is 0 Å². The molecular weight excluding hydrogens is 442 g/mol. The molecule has 0 spiro atoms. The molecule has 1 aromatic rings. The summed E-state index contributed by atoms with van der Waals surface area (Å²) in [6.07, 6.45) is 13.1. The van der Waals surface area contributed by atoms with Gasteiger partial charge in [-0.05, 0) is 124 Å². The zero-order chi connectivity index (χ0) is 24.2. The first-order valence-corrected chi connectivity index (χ1v) is 15.4. The normalized spacial score (nSPS) is 44.5. The van der Waals surface area contributed by atoms with Gasteiger partial charge in [0.25, 0.3) is 0 Å². The van der Waals surface area contributed by atoms with Gasteiger partial charge in [0.15, 0.2) is 0 Å². The summed E-state index contributed by atoms with van der Waals surface area (Å²) in [5.74, 6) is 3.34. The molecular formula is C29H45NO3S. The van der Waals surface area contributed by atoms with Gasteiger partial charge in [-0.25, -0.2) is 13.1 Å². The summed E-state index contributed by atoms with van der Waals surface area (Å²) >= 11 is 0. The first-order valence-electron chi connectivity index (χ1n) is 13.9. The molecule has 1 aromatic carbocycles. The molecule has 190 valence electrons. The summed E-state index contributed by atoms with van der Waals surface area (Å²) in [4.78, 5) is 0.368. The number of hydrogen-bond donors (Lipinski definition) is 2. The predicted molar refractivity (Wildman–Crippen MR) is 137 cm³/mol. The van der Waals surface area contributed by atoms with Gasteiger partial charge in [-0.15, -0.1) is 0 Å². The number of fused-ring (bicyclic) bond motifs is 5. The van der Waals surface area contributed by atoms with E-state index in [4.69, 9.17) is 0 Å². The van der Waals surface area contributed by atoms with Crippen molar-refractivity contribution in [2.45, 2.75) is 102 Å². The zero-order valence-corrected chi connectivity index (χ0v) is 22.2. The minimum absolute atomic E-state index is 0.223. The van der Waals surface area contributed by atoms with Crippen molar-refractivity contribution in [2.24, 2.45) is 40.4 Å². The van der Waals surface area contributed by atoms with Crippen LogP contribution in [0.1, 0.15) is 91.4 Å². The predicted octanol–water partition coefficient (Wildman–Crippen LogP) is 6.16. The molecule has 0 unspecified atom stereocenters. The molecule has 0 amide bonds. The van der Waals surface area contributed by atoms with Gasteiger partial charge in [0.05, 0.1) is 10.5 Å². The first kappa shape index (κ1) is 24.8. The van der Waals surface area contributed by atoms with Crippen molar-refractivity contribution >= 4 is 10.0 Å². The minimum Gasteiger partial charge on any atom is -0.390 e. The lowest BCUT2D eigenvalue weighted by Crippen LogP contribution is -2.59. The SMILES string of the molecule is CC[C@]12CC[C@@](C)(O)C[C@H]1CC[C@H]1[C@@H]3CCC[C@H](CNS(=O)(=O)c4ccccc4)[C@@]3(C)CC[C@@H]12. The molecule has 0 saturated heterocycles. The molecule has 4 saturated carbocycles. The summed E-state index contributed by atoms with van der Waals surface area (Å²) in [6, 6.07) is 8.80. The van der Waals surface area contributed by atoms with E-state index in [9.17, 15) is 13.5 Å². The van der Waals surface area contributed by atoms with Crippen molar-refractivity contribution in [3.8, 4) is 0 Å². The van der Waals surface area contributed by atoms with Gasteiger partial charge in [0.2, 0.25) is 10.0 Å². The van der Waals surface area contributed by atoms with E-state index in [-0.39, 0.29) is 5.41 Å². The highest BCUT2D eigenvalue weighted by molar-refractivity contribution is 7.89. The summed E-state index contributed by atoms with van der Waals surface area (Å²) in [5, 5.41) is 10.8. The Morgan fingerprint density at radius 3 is 2.47 bits per heavy atom. The van der Waals surface area contributed by atoms with Crippen LogP contribution in [0.25, 0.3) is 0 Å². The standard InChI is InChI=1S/C29H45NO3S/c1-4-29-18-17-27(2,31)19-21(29)13-14-24-25-12-8-9-22(28(25,3)16-15-26(24)29)20-30-34(32,33)23-10-6-5-7-11-23/h5-7,10-11,21-22,24-26,30-31H,4,8-9,12-20H2,1-3H3/t21-,22-,24+,25+,26+,27-,28-,29+/m1/s1. The summed E-state index contributed by atoms with van der Waals surface area (Å²) < 4.78 is 28.8. The lowest BCUT2D eigenvalue weighted by atomic mass is 9.40. The number of hydrogen-bond acceptors (Lipinski definition) is 3. The van der Waals surface area contributed by atoms with E-state index in [0.717, 1.165) is 31.1 Å². The van der Waals surface area contributed by atoms with E-state index in [1.165, 1.54) is 51.4 Å². The molecule has 2 N–H and O–H groups in total. The summed E-state index contributed by atoms with van der Waals surface area (Å²) in [7, 11) is -3.46. The fourth-order valence-electron chi connectivity index (χ4n) is 9.49. The van der Waals surface area contributed by atoms with Crippen LogP contribution in [-0.4, -0.2) is 25.7 Å². The Morgan fingerprint density at radius 1 is 0.971 bits per heavy atom. The van der Waals surface area contributed by atoms with Crippen LogP contribution in [0.3, 0.4) is 0 Å². The molecule has 5 heteroatoms. The Kier molecular flexibility index (Phi) is 6.47. The van der Waals surface area contributed by atoms with Gasteiger partial charge < -0.3 is 5.11 Å². The van der Waals surface area contributed by atoms with E-state index >= 15 is 0 Å². The number of benzene rings is 1. The Hall–Kier alpha value is -0.910. The lowest BCUT2D eigenvalue weighted by molar-refractivity contribution is -0.171. The van der Waals surface area contributed by atoms with Gasteiger partial charge in [0.1, 0.15) is 0 Å². The van der Waals surface area contributed by atoms with Gasteiger partial charge in [0, 0.05) is 6.54 Å². The van der Waals surface area contributed by atoms with Gasteiger partial charge in [-0.1, -0.05) is 38.5 Å². The molecule has 8 atom stereocenters. The van der Waals surface area contributed by atoms with E-state index in [0.29, 0.717) is 34.6 Å². The van der Waals surface area contributed by atoms with Crippen LogP contribution in [0.5, 0.6) is 0 Å². The van der Waals surface area contributed by atoms with E-state index in [1.54, 1.807) is 24.3 Å². The summed E-state index contributed by atoms with van der Waals surface area (Å²) in [5.41, 5.74) is 0.153. The van der Waals surface area contributed by atoms with Crippen LogP contribution in [0.4, 0.5) is 0 Å². The van der Waals surface area contributed by atoms with E-state index in [1.807, 2.05) is 6.07 Å². The van der Waals surface area contributed by atoms with Crippen molar-refractivity contribution in [3.05, 3.63) is 30.3 Å². The molecule has 0 bridgehead atoms. The maximum Gasteiger partial charge on any atom is 0.240 e. The highest BCUT2D eigenvalue weighted by Gasteiger charge is 2.60. The molecule has 4 aliphatic carbocycles. The maximum atomic E-state index is 12.9. The molecule has 34 heavy (non-hydrogen) atoms. The molecule has 0 aliphatic heterocycles. The Balaban J connectivity index is 1.34. The summed E-state index contributed by atoms with van der Waals surface area (Å²) in [6.45, 7) is 7.51. The van der Waals surface area contributed by atoms with Crippen molar-refractivity contribution < 1.29 is 13.5 Å². The van der Waals surface area contributed by atoms with Crippen LogP contribution in [0, 0.1) is 40.4 Å². The van der Waals surface area contributed by atoms with Crippen LogP contribution < -0.4 is 4.72 Å². The van der Waals surface area contributed by atoms with Crippen molar-refractivity contribution in [2.75, 3.05) is 6.54 Å². The van der Waals surface area contributed by atoms with Gasteiger partial charge >= 0.3 is 0 Å². The van der Waals surface area contributed by atoms with Crippen LogP contribution in [-0.2, 0) is 10.0 Å². The highest BCUT2D eigenvalue weighted by Crippen LogP contribution is 2.68. The second-order valence-electron chi connectivity index (χ2n) is 12.8. The third-order valence-corrected chi connectivity index (χ3v) is 12.8. The average molecular weight is 488 g/mol. The topological polar surface area (TPSA) is 66.4 Å². The third kappa shape index (κ3) is 4.08. The first-order chi connectivity index (χ1) is 16.1. The maximum absolute atomic E-state index is 12.9. The molecule has 5 rings (SSSR count). The number of sulfonamides is 1. The highest BCUT2D eigenvalue weighted by atomic mass is 32.2. The molecule has 0 heterocycles. The third-order valence-electron chi connectivity index (χ3n) is 11.3. The quantitative estimate of drug-likeness (QED) is 0.523. The van der Waals surface area contributed by atoms with E-state index in [2.05, 4.69) is 25.5 Å². The second-order valence-corrected chi connectivity index (χ2v) is 14.5. The van der Waals surface area contributed by atoms with Crippen LogP contribution in [0.15, 0.2) is 35.2 Å². The average Bonchev–Trinajstić information content (AvgIpc) is 2.82. The molecule has 4 nitrogen and oxygen atoms in total. The monoisotopic (exact) mass is 487 g/mol. The van der Waals surface area contributed by atoms with Crippen molar-refractivity contribution in [1.82, 2.24) is 4.72 Å². The van der Waals surface area contributed by atoms with Crippen molar-refractivity contribution in [3.63, 3.8) is 0 Å².